The van der Waals surface area contributed by atoms with Crippen LogP contribution in [0.5, 0.6) is 17.2 Å². The van der Waals surface area contributed by atoms with Gasteiger partial charge in [0, 0.05) is 18.8 Å². The summed E-state index contributed by atoms with van der Waals surface area (Å²) in [7, 11) is 3.44. The molecule has 1 amide bonds. The number of carbonyl (C=O) groups excluding carboxylic acids is 1. The van der Waals surface area contributed by atoms with E-state index in [-0.39, 0.29) is 23.5 Å². The summed E-state index contributed by atoms with van der Waals surface area (Å²) in [6.45, 7) is 1.89. The first-order valence-corrected chi connectivity index (χ1v) is 9.86. The molecule has 0 aliphatic rings. The number of phenols is 1. The molecular weight excluding hydrogens is 392 g/mol. The molecule has 1 unspecified atom stereocenters. The lowest BCUT2D eigenvalue weighted by Gasteiger charge is -2.14. The lowest BCUT2D eigenvalue weighted by Crippen LogP contribution is -2.14. The lowest BCUT2D eigenvalue weighted by molar-refractivity contribution is -0.113. The average Bonchev–Trinajstić information content (AvgIpc) is 3.07. The standard InChI is InChI=1S/C20H22N4O4S/c1-13(28-17-9-7-16(27-3)8-10-17)19-22-23-20(24(19)2)29-12-18(26)21-14-5-4-6-15(25)11-14/h4-11,13,25H,12H2,1-3H3,(H,21,26). The zero-order valence-corrected chi connectivity index (χ0v) is 17.1. The fraction of sp³-hybridized carbons (Fsp3) is 0.250. The highest BCUT2D eigenvalue weighted by molar-refractivity contribution is 7.99. The SMILES string of the molecule is COc1ccc(OC(C)c2nnc(SCC(=O)Nc3cccc(O)c3)n2C)cc1. The molecule has 3 aromatic rings. The van der Waals surface area contributed by atoms with E-state index in [0.717, 1.165) is 5.75 Å². The van der Waals surface area contributed by atoms with Gasteiger partial charge in [0.1, 0.15) is 17.2 Å². The van der Waals surface area contributed by atoms with Crippen molar-refractivity contribution in [2.24, 2.45) is 7.05 Å². The molecule has 152 valence electrons. The van der Waals surface area contributed by atoms with Gasteiger partial charge in [0.05, 0.1) is 12.9 Å². The number of amides is 1. The maximum atomic E-state index is 12.1. The highest BCUT2D eigenvalue weighted by Gasteiger charge is 2.18. The van der Waals surface area contributed by atoms with Crippen molar-refractivity contribution >= 4 is 23.4 Å². The molecule has 0 saturated carbocycles. The van der Waals surface area contributed by atoms with Crippen LogP contribution in [-0.4, -0.2) is 38.6 Å². The van der Waals surface area contributed by atoms with Crippen molar-refractivity contribution in [2.45, 2.75) is 18.2 Å². The van der Waals surface area contributed by atoms with Crippen LogP contribution in [0.2, 0.25) is 0 Å². The van der Waals surface area contributed by atoms with Crippen molar-refractivity contribution in [1.29, 1.82) is 0 Å². The van der Waals surface area contributed by atoms with E-state index < -0.39 is 0 Å². The Bertz CT molecular complexity index is 975. The Morgan fingerprint density at radius 1 is 1.21 bits per heavy atom. The van der Waals surface area contributed by atoms with Crippen molar-refractivity contribution in [3.63, 3.8) is 0 Å². The number of carbonyl (C=O) groups is 1. The Morgan fingerprint density at radius 3 is 2.62 bits per heavy atom. The highest BCUT2D eigenvalue weighted by atomic mass is 32.2. The number of ether oxygens (including phenoxy) is 2. The van der Waals surface area contributed by atoms with E-state index in [0.29, 0.717) is 22.4 Å². The molecular formula is C20H22N4O4S. The maximum absolute atomic E-state index is 12.1. The summed E-state index contributed by atoms with van der Waals surface area (Å²) in [6, 6.07) is 13.7. The molecule has 8 nitrogen and oxygen atoms in total. The summed E-state index contributed by atoms with van der Waals surface area (Å²) in [4.78, 5) is 12.1. The van der Waals surface area contributed by atoms with Gasteiger partial charge >= 0.3 is 0 Å². The molecule has 9 heteroatoms. The van der Waals surface area contributed by atoms with Gasteiger partial charge in [-0.3, -0.25) is 4.79 Å². The molecule has 2 aromatic carbocycles. The number of thioether (sulfide) groups is 1. The summed E-state index contributed by atoms with van der Waals surface area (Å²) >= 11 is 1.27. The van der Waals surface area contributed by atoms with Crippen LogP contribution < -0.4 is 14.8 Å². The monoisotopic (exact) mass is 414 g/mol. The molecule has 0 aliphatic carbocycles. The minimum atomic E-state index is -0.323. The second kappa shape index (κ2) is 9.33. The molecule has 0 bridgehead atoms. The van der Waals surface area contributed by atoms with Gasteiger partial charge in [0.2, 0.25) is 5.91 Å². The average molecular weight is 414 g/mol. The molecule has 0 aliphatic heterocycles. The Hall–Kier alpha value is -3.20. The normalized spacial score (nSPS) is 11.7. The van der Waals surface area contributed by atoms with E-state index in [2.05, 4.69) is 15.5 Å². The number of hydrogen-bond acceptors (Lipinski definition) is 7. The fourth-order valence-electron chi connectivity index (χ4n) is 2.63. The number of aromatic hydroxyl groups is 1. The number of hydrogen-bond donors (Lipinski definition) is 2. The van der Waals surface area contributed by atoms with Gasteiger partial charge < -0.3 is 24.5 Å². The molecule has 0 spiro atoms. The van der Waals surface area contributed by atoms with Crippen molar-refractivity contribution in [1.82, 2.24) is 14.8 Å². The first-order chi connectivity index (χ1) is 14.0. The number of methoxy groups -OCH3 is 1. The number of anilines is 1. The number of benzene rings is 2. The van der Waals surface area contributed by atoms with Crippen LogP contribution in [-0.2, 0) is 11.8 Å². The first-order valence-electron chi connectivity index (χ1n) is 8.88. The maximum Gasteiger partial charge on any atom is 0.234 e. The van der Waals surface area contributed by atoms with Gasteiger partial charge in [0.25, 0.3) is 0 Å². The second-order valence-corrected chi connectivity index (χ2v) is 7.17. The van der Waals surface area contributed by atoms with E-state index >= 15 is 0 Å². The Morgan fingerprint density at radius 2 is 1.93 bits per heavy atom. The molecule has 0 fully saturated rings. The number of rotatable bonds is 8. The van der Waals surface area contributed by atoms with Crippen molar-refractivity contribution < 1.29 is 19.4 Å². The van der Waals surface area contributed by atoms with E-state index in [1.54, 1.807) is 29.9 Å². The Balaban J connectivity index is 1.57. The smallest absolute Gasteiger partial charge is 0.234 e. The van der Waals surface area contributed by atoms with Crippen molar-refractivity contribution in [3.8, 4) is 17.2 Å². The summed E-state index contributed by atoms with van der Waals surface area (Å²) in [5.41, 5.74) is 0.538. The third kappa shape index (κ3) is 5.41. The molecule has 2 N–H and O–H groups in total. The van der Waals surface area contributed by atoms with E-state index in [1.165, 1.54) is 17.8 Å². The highest BCUT2D eigenvalue weighted by Crippen LogP contribution is 2.25. The molecule has 1 heterocycles. The van der Waals surface area contributed by atoms with Crippen LogP contribution in [0.25, 0.3) is 0 Å². The molecule has 0 radical (unpaired) electrons. The second-order valence-electron chi connectivity index (χ2n) is 6.22. The summed E-state index contributed by atoms with van der Waals surface area (Å²) < 4.78 is 12.9. The quantitative estimate of drug-likeness (QED) is 0.545. The minimum absolute atomic E-state index is 0.0965. The third-order valence-electron chi connectivity index (χ3n) is 4.07. The van der Waals surface area contributed by atoms with Gasteiger partial charge in [-0.1, -0.05) is 17.8 Å². The number of nitrogens with zero attached hydrogens (tertiary/aromatic N) is 3. The molecule has 3 rings (SSSR count). The van der Waals surface area contributed by atoms with Crippen molar-refractivity contribution in [3.05, 3.63) is 54.4 Å². The zero-order chi connectivity index (χ0) is 20.8. The Kier molecular flexibility index (Phi) is 6.61. The van der Waals surface area contributed by atoms with E-state index in [4.69, 9.17) is 9.47 Å². The van der Waals surface area contributed by atoms with Crippen molar-refractivity contribution in [2.75, 3.05) is 18.2 Å². The van der Waals surface area contributed by atoms with Crippen LogP contribution in [0.3, 0.4) is 0 Å². The predicted molar refractivity (Wildman–Crippen MR) is 111 cm³/mol. The third-order valence-corrected chi connectivity index (χ3v) is 5.09. The summed E-state index contributed by atoms with van der Waals surface area (Å²) in [5, 5.41) is 21.2. The van der Waals surface area contributed by atoms with E-state index in [9.17, 15) is 9.90 Å². The lowest BCUT2D eigenvalue weighted by atomic mass is 10.3. The topological polar surface area (TPSA) is 98.5 Å². The predicted octanol–water partition coefficient (Wildman–Crippen LogP) is 3.40. The number of nitrogens with one attached hydrogen (secondary N) is 1. The van der Waals surface area contributed by atoms with Gasteiger partial charge in [-0.2, -0.15) is 0 Å². The molecule has 0 saturated heterocycles. The molecule has 1 atom stereocenters. The van der Waals surface area contributed by atoms with Gasteiger partial charge in [-0.05, 0) is 43.3 Å². The van der Waals surface area contributed by atoms with Crippen LogP contribution in [0.1, 0.15) is 18.9 Å². The number of aromatic nitrogens is 3. The van der Waals surface area contributed by atoms with E-state index in [1.807, 2.05) is 38.2 Å². The zero-order valence-electron chi connectivity index (χ0n) is 16.3. The van der Waals surface area contributed by atoms with Gasteiger partial charge in [-0.25, -0.2) is 0 Å². The summed E-state index contributed by atoms with van der Waals surface area (Å²) in [5.74, 6) is 2.16. The van der Waals surface area contributed by atoms with Crippen LogP contribution in [0.15, 0.2) is 53.7 Å². The number of phenolic OH excluding ortho intramolecular Hbond substituents is 1. The largest absolute Gasteiger partial charge is 0.508 e. The van der Waals surface area contributed by atoms with Gasteiger partial charge in [0.15, 0.2) is 17.1 Å². The first kappa shape index (κ1) is 20.5. The fourth-order valence-corrected chi connectivity index (χ4v) is 3.35. The van der Waals surface area contributed by atoms with Crippen LogP contribution >= 0.6 is 11.8 Å². The molecule has 1 aromatic heterocycles. The van der Waals surface area contributed by atoms with Crippen LogP contribution in [0.4, 0.5) is 5.69 Å². The summed E-state index contributed by atoms with van der Waals surface area (Å²) in [6.07, 6.45) is -0.323. The minimum Gasteiger partial charge on any atom is -0.508 e. The van der Waals surface area contributed by atoms with Crippen LogP contribution in [0, 0.1) is 0 Å². The van der Waals surface area contributed by atoms with Gasteiger partial charge in [-0.15, -0.1) is 10.2 Å². The molecule has 29 heavy (non-hydrogen) atoms. The Labute approximate surface area is 172 Å².